The molecule has 0 saturated carbocycles. The third-order valence-electron chi connectivity index (χ3n) is 1.29. The van der Waals surface area contributed by atoms with Gasteiger partial charge in [-0.1, -0.05) is 11.1 Å². The highest BCUT2D eigenvalue weighted by atomic mass is 32.2. The Balaban J connectivity index is 3.05. The minimum atomic E-state index is 0.253. The number of amidine groups is 1. The van der Waals surface area contributed by atoms with E-state index in [1.807, 2.05) is 0 Å². The summed E-state index contributed by atoms with van der Waals surface area (Å²) in [6.45, 7) is 1.62. The number of hydrogen-bond acceptors (Lipinski definition) is 4. The monoisotopic (exact) mass is 201 g/mol. The lowest BCUT2D eigenvalue weighted by atomic mass is 10.4. The number of nitrogens with two attached hydrogens (primary N) is 1. The molecule has 0 aromatic heterocycles. The van der Waals surface area contributed by atoms with E-state index in [-0.39, 0.29) is 5.84 Å². The van der Waals surface area contributed by atoms with E-state index < -0.39 is 0 Å². The van der Waals surface area contributed by atoms with Crippen LogP contribution in [0.2, 0.25) is 0 Å². The van der Waals surface area contributed by atoms with Gasteiger partial charge in [0.05, 0.1) is 5.75 Å². The van der Waals surface area contributed by atoms with Gasteiger partial charge in [0, 0.05) is 25.3 Å². The lowest BCUT2D eigenvalue weighted by Gasteiger charge is -2.02. The Bertz CT molecular complexity index is 188. The first-order chi connectivity index (χ1) is 6.31. The first kappa shape index (κ1) is 12.1. The maximum Gasteiger partial charge on any atom is 0.140 e. The van der Waals surface area contributed by atoms with Crippen LogP contribution >= 0.6 is 11.8 Å². The maximum absolute atomic E-state index is 8.22. The number of rotatable bonds is 7. The summed E-state index contributed by atoms with van der Waals surface area (Å²) in [6, 6.07) is 0. The normalized spacial score (nSPS) is 11.2. The molecule has 4 nitrogen and oxygen atoms in total. The molecule has 0 aliphatic carbocycles. The zero-order valence-electron chi connectivity index (χ0n) is 7.49. The molecule has 5 heteroatoms. The SMILES string of the molecule is C#CCSCCNCCC(N)=NO. The van der Waals surface area contributed by atoms with E-state index in [2.05, 4.69) is 16.4 Å². The zero-order chi connectivity index (χ0) is 9.94. The van der Waals surface area contributed by atoms with E-state index in [9.17, 15) is 0 Å². The van der Waals surface area contributed by atoms with Gasteiger partial charge in [-0.3, -0.25) is 0 Å². The molecule has 0 aromatic carbocycles. The van der Waals surface area contributed by atoms with Crippen molar-refractivity contribution < 1.29 is 5.21 Å². The Morgan fingerprint density at radius 1 is 1.62 bits per heavy atom. The Hall–Kier alpha value is -0.860. The first-order valence-electron chi connectivity index (χ1n) is 3.99. The van der Waals surface area contributed by atoms with Gasteiger partial charge in [0.15, 0.2) is 0 Å². The fourth-order valence-electron chi connectivity index (χ4n) is 0.667. The molecule has 0 rings (SSSR count). The molecule has 13 heavy (non-hydrogen) atoms. The molecule has 0 aromatic rings. The van der Waals surface area contributed by atoms with Gasteiger partial charge in [-0.25, -0.2) is 0 Å². The van der Waals surface area contributed by atoms with Gasteiger partial charge in [0.25, 0.3) is 0 Å². The van der Waals surface area contributed by atoms with Gasteiger partial charge >= 0.3 is 0 Å². The molecule has 0 aliphatic heterocycles. The van der Waals surface area contributed by atoms with Crippen LogP contribution in [0.3, 0.4) is 0 Å². The lowest BCUT2D eigenvalue weighted by molar-refractivity contribution is 0.316. The Morgan fingerprint density at radius 2 is 2.38 bits per heavy atom. The highest BCUT2D eigenvalue weighted by Gasteiger charge is 1.92. The fourth-order valence-corrected chi connectivity index (χ4v) is 1.22. The quantitative estimate of drug-likeness (QED) is 0.136. The van der Waals surface area contributed by atoms with Crippen molar-refractivity contribution in [1.29, 1.82) is 0 Å². The van der Waals surface area contributed by atoms with Gasteiger partial charge in [-0.15, -0.1) is 18.2 Å². The van der Waals surface area contributed by atoms with E-state index in [1.54, 1.807) is 11.8 Å². The summed E-state index contributed by atoms with van der Waals surface area (Å²) in [6.07, 6.45) is 5.64. The van der Waals surface area contributed by atoms with Crippen molar-refractivity contribution in [2.45, 2.75) is 6.42 Å². The van der Waals surface area contributed by atoms with Gasteiger partial charge in [0.2, 0.25) is 0 Å². The predicted octanol–water partition coefficient (Wildman–Crippen LogP) is 0.0789. The van der Waals surface area contributed by atoms with Crippen molar-refractivity contribution in [3.63, 3.8) is 0 Å². The molecule has 0 bridgehead atoms. The number of thioether (sulfide) groups is 1. The second-order valence-electron chi connectivity index (χ2n) is 2.35. The lowest BCUT2D eigenvalue weighted by Crippen LogP contribution is -2.24. The molecule has 4 N–H and O–H groups in total. The second-order valence-corrected chi connectivity index (χ2v) is 3.45. The topological polar surface area (TPSA) is 70.6 Å². The van der Waals surface area contributed by atoms with Crippen LogP contribution in [0.5, 0.6) is 0 Å². The summed E-state index contributed by atoms with van der Waals surface area (Å²) in [5, 5.41) is 14.2. The number of terminal acetylenes is 1. The number of nitrogens with zero attached hydrogens (tertiary/aromatic N) is 1. The third kappa shape index (κ3) is 9.05. The molecular formula is C8H15N3OS. The average molecular weight is 201 g/mol. The van der Waals surface area contributed by atoms with Gasteiger partial charge in [-0.2, -0.15) is 0 Å². The highest BCUT2D eigenvalue weighted by Crippen LogP contribution is 1.94. The van der Waals surface area contributed by atoms with Crippen molar-refractivity contribution in [3.05, 3.63) is 0 Å². The van der Waals surface area contributed by atoms with Crippen molar-refractivity contribution in [2.75, 3.05) is 24.6 Å². The summed E-state index contributed by atoms with van der Waals surface area (Å²) in [5.41, 5.74) is 5.26. The van der Waals surface area contributed by atoms with Crippen LogP contribution in [0.25, 0.3) is 0 Å². The molecule has 0 aliphatic rings. The van der Waals surface area contributed by atoms with Crippen LogP contribution in [0, 0.1) is 12.3 Å². The molecule has 0 radical (unpaired) electrons. The third-order valence-corrected chi connectivity index (χ3v) is 2.16. The van der Waals surface area contributed by atoms with Crippen LogP contribution in [0.1, 0.15) is 6.42 Å². The van der Waals surface area contributed by atoms with E-state index in [4.69, 9.17) is 17.4 Å². The van der Waals surface area contributed by atoms with Crippen LogP contribution < -0.4 is 11.1 Å². The molecular weight excluding hydrogens is 186 g/mol. The van der Waals surface area contributed by atoms with Crippen molar-refractivity contribution in [2.24, 2.45) is 10.9 Å². The van der Waals surface area contributed by atoms with E-state index in [1.165, 1.54) is 0 Å². The maximum atomic E-state index is 8.22. The van der Waals surface area contributed by atoms with Crippen LogP contribution in [0.15, 0.2) is 5.16 Å². The van der Waals surface area contributed by atoms with Gasteiger partial charge in [-0.05, 0) is 0 Å². The Morgan fingerprint density at radius 3 is 3.00 bits per heavy atom. The summed E-state index contributed by atoms with van der Waals surface area (Å²) in [7, 11) is 0. The van der Waals surface area contributed by atoms with Gasteiger partial charge < -0.3 is 16.3 Å². The number of nitrogens with one attached hydrogen (secondary N) is 1. The molecule has 74 valence electrons. The minimum Gasteiger partial charge on any atom is -0.409 e. The summed E-state index contributed by atoms with van der Waals surface area (Å²) < 4.78 is 0. The molecule has 0 unspecified atom stereocenters. The van der Waals surface area contributed by atoms with Crippen LogP contribution in [-0.2, 0) is 0 Å². The van der Waals surface area contributed by atoms with E-state index >= 15 is 0 Å². The Kier molecular flexibility index (Phi) is 8.62. The van der Waals surface area contributed by atoms with Crippen LogP contribution in [0.4, 0.5) is 0 Å². The molecule has 0 saturated heterocycles. The summed E-state index contributed by atoms with van der Waals surface area (Å²) in [4.78, 5) is 0. The summed E-state index contributed by atoms with van der Waals surface area (Å²) in [5.74, 6) is 4.54. The smallest absolute Gasteiger partial charge is 0.140 e. The van der Waals surface area contributed by atoms with Crippen molar-refractivity contribution in [1.82, 2.24) is 5.32 Å². The molecule has 0 amide bonds. The van der Waals surface area contributed by atoms with E-state index in [0.717, 1.165) is 24.6 Å². The highest BCUT2D eigenvalue weighted by molar-refractivity contribution is 7.99. The Labute approximate surface area is 82.9 Å². The van der Waals surface area contributed by atoms with Crippen molar-refractivity contribution in [3.8, 4) is 12.3 Å². The minimum absolute atomic E-state index is 0.253. The fraction of sp³-hybridized carbons (Fsp3) is 0.625. The summed E-state index contributed by atoms with van der Waals surface area (Å²) >= 11 is 1.71. The van der Waals surface area contributed by atoms with Gasteiger partial charge in [0.1, 0.15) is 5.84 Å². The average Bonchev–Trinajstić information content (AvgIpc) is 2.16. The number of oxime groups is 1. The molecule has 0 fully saturated rings. The molecule has 0 atom stereocenters. The van der Waals surface area contributed by atoms with Crippen LogP contribution in [-0.4, -0.2) is 35.6 Å². The zero-order valence-corrected chi connectivity index (χ0v) is 8.31. The largest absolute Gasteiger partial charge is 0.409 e. The van der Waals surface area contributed by atoms with Crippen molar-refractivity contribution >= 4 is 17.6 Å². The van der Waals surface area contributed by atoms with E-state index in [0.29, 0.717) is 6.42 Å². The standard InChI is InChI=1S/C8H15N3OS/c1-2-6-13-7-5-10-4-3-8(9)11-12/h1,10,12H,3-7H2,(H2,9,11). The first-order valence-corrected chi connectivity index (χ1v) is 5.15. The predicted molar refractivity (Wildman–Crippen MR) is 57.1 cm³/mol. The molecule has 0 spiro atoms. The number of hydrogen-bond donors (Lipinski definition) is 3. The second kappa shape index (κ2) is 9.23. The molecule has 0 heterocycles.